The zero-order chi connectivity index (χ0) is 15.6. The Morgan fingerprint density at radius 2 is 2.22 bits per heavy atom. The molecule has 0 radical (unpaired) electrons. The SMILES string of the molecule is CCCNC(=NCC1CCCO1)NCCn1cnnc1CC.I. The summed E-state index contributed by atoms with van der Waals surface area (Å²) in [5.41, 5.74) is 0. The Labute approximate surface area is 155 Å². The molecule has 1 saturated heterocycles. The number of ether oxygens (including phenoxy) is 1. The minimum Gasteiger partial charge on any atom is -0.376 e. The molecule has 1 aromatic heterocycles. The van der Waals surface area contributed by atoms with Crippen molar-refractivity contribution < 1.29 is 4.74 Å². The molecule has 2 heterocycles. The van der Waals surface area contributed by atoms with Gasteiger partial charge in [0.15, 0.2) is 5.96 Å². The van der Waals surface area contributed by atoms with Gasteiger partial charge in [-0.05, 0) is 19.3 Å². The molecule has 23 heavy (non-hydrogen) atoms. The molecule has 0 bridgehead atoms. The summed E-state index contributed by atoms with van der Waals surface area (Å²) in [6, 6.07) is 0. The van der Waals surface area contributed by atoms with Gasteiger partial charge < -0.3 is 19.9 Å². The molecule has 1 unspecified atom stereocenters. The van der Waals surface area contributed by atoms with E-state index in [1.807, 2.05) is 0 Å². The third-order valence-corrected chi connectivity index (χ3v) is 3.68. The first-order valence-electron chi connectivity index (χ1n) is 8.34. The second-order valence-electron chi connectivity index (χ2n) is 5.47. The lowest BCUT2D eigenvalue weighted by molar-refractivity contribution is 0.117. The largest absolute Gasteiger partial charge is 0.376 e. The Hall–Kier alpha value is -0.900. The fourth-order valence-corrected chi connectivity index (χ4v) is 2.43. The zero-order valence-electron chi connectivity index (χ0n) is 14.1. The van der Waals surface area contributed by atoms with Gasteiger partial charge in [-0.25, -0.2) is 0 Å². The van der Waals surface area contributed by atoms with Gasteiger partial charge in [-0.1, -0.05) is 13.8 Å². The number of hydrogen-bond acceptors (Lipinski definition) is 4. The highest BCUT2D eigenvalue weighted by Crippen LogP contribution is 2.11. The molecule has 1 atom stereocenters. The number of aryl methyl sites for hydroxylation is 1. The quantitative estimate of drug-likeness (QED) is 0.368. The van der Waals surface area contributed by atoms with Gasteiger partial charge in [0.1, 0.15) is 12.2 Å². The van der Waals surface area contributed by atoms with E-state index in [0.29, 0.717) is 0 Å². The molecule has 7 nitrogen and oxygen atoms in total. The highest BCUT2D eigenvalue weighted by molar-refractivity contribution is 14.0. The summed E-state index contributed by atoms with van der Waals surface area (Å²) >= 11 is 0. The summed E-state index contributed by atoms with van der Waals surface area (Å²) in [4.78, 5) is 4.63. The van der Waals surface area contributed by atoms with Gasteiger partial charge >= 0.3 is 0 Å². The van der Waals surface area contributed by atoms with Crippen LogP contribution in [0.1, 0.15) is 38.9 Å². The lowest BCUT2D eigenvalue weighted by atomic mass is 10.2. The third-order valence-electron chi connectivity index (χ3n) is 3.68. The van der Waals surface area contributed by atoms with E-state index >= 15 is 0 Å². The number of rotatable bonds is 8. The molecule has 0 spiro atoms. The van der Waals surface area contributed by atoms with Crippen molar-refractivity contribution in [2.45, 2.75) is 52.2 Å². The monoisotopic (exact) mass is 436 g/mol. The Morgan fingerprint density at radius 3 is 2.91 bits per heavy atom. The zero-order valence-corrected chi connectivity index (χ0v) is 16.5. The molecule has 2 N–H and O–H groups in total. The Balaban J connectivity index is 0.00000264. The minimum atomic E-state index is 0. The van der Waals surface area contributed by atoms with Crippen LogP contribution in [0.3, 0.4) is 0 Å². The van der Waals surface area contributed by atoms with Crippen molar-refractivity contribution in [3.05, 3.63) is 12.2 Å². The summed E-state index contributed by atoms with van der Waals surface area (Å²) in [5, 5.41) is 14.8. The van der Waals surface area contributed by atoms with Crippen LogP contribution in [0.5, 0.6) is 0 Å². The Morgan fingerprint density at radius 1 is 1.39 bits per heavy atom. The van der Waals surface area contributed by atoms with Gasteiger partial charge in [-0.15, -0.1) is 34.2 Å². The van der Waals surface area contributed by atoms with Crippen LogP contribution in [-0.4, -0.2) is 53.1 Å². The van der Waals surface area contributed by atoms with E-state index in [-0.39, 0.29) is 30.1 Å². The number of hydrogen-bond donors (Lipinski definition) is 2. The Kier molecular flexibility index (Phi) is 10.2. The lowest BCUT2D eigenvalue weighted by Gasteiger charge is -2.14. The molecule has 0 saturated carbocycles. The van der Waals surface area contributed by atoms with Crippen LogP contribution in [0.25, 0.3) is 0 Å². The van der Waals surface area contributed by atoms with Crippen molar-refractivity contribution in [1.29, 1.82) is 0 Å². The molecular formula is C15H29IN6O. The van der Waals surface area contributed by atoms with Crippen LogP contribution in [0.4, 0.5) is 0 Å². The van der Waals surface area contributed by atoms with Gasteiger partial charge in [-0.2, -0.15) is 0 Å². The predicted molar refractivity (Wildman–Crippen MR) is 102 cm³/mol. The van der Waals surface area contributed by atoms with Crippen LogP contribution >= 0.6 is 24.0 Å². The maximum Gasteiger partial charge on any atom is 0.191 e. The highest BCUT2D eigenvalue weighted by atomic mass is 127. The van der Waals surface area contributed by atoms with Gasteiger partial charge in [0, 0.05) is 32.7 Å². The first-order chi connectivity index (χ1) is 10.8. The highest BCUT2D eigenvalue weighted by Gasteiger charge is 2.14. The number of aromatic nitrogens is 3. The topological polar surface area (TPSA) is 76.4 Å². The number of halogens is 1. The van der Waals surface area contributed by atoms with Crippen LogP contribution < -0.4 is 10.6 Å². The number of guanidine groups is 1. The third kappa shape index (κ3) is 7.03. The first kappa shape index (κ1) is 20.1. The summed E-state index contributed by atoms with van der Waals surface area (Å²) in [6.45, 7) is 8.39. The van der Waals surface area contributed by atoms with Crippen LogP contribution in [-0.2, 0) is 17.7 Å². The molecular weight excluding hydrogens is 407 g/mol. The lowest BCUT2D eigenvalue weighted by Crippen LogP contribution is -2.40. The van der Waals surface area contributed by atoms with Crippen LogP contribution in [0, 0.1) is 0 Å². The maximum atomic E-state index is 5.62. The minimum absolute atomic E-state index is 0. The fraction of sp³-hybridized carbons (Fsp3) is 0.800. The molecule has 8 heteroatoms. The second kappa shape index (κ2) is 11.6. The maximum absolute atomic E-state index is 5.62. The van der Waals surface area contributed by atoms with Gasteiger partial charge in [0.2, 0.25) is 0 Å². The molecule has 132 valence electrons. The molecule has 1 fully saturated rings. The molecule has 1 aromatic rings. The summed E-state index contributed by atoms with van der Waals surface area (Å²) < 4.78 is 7.69. The average Bonchev–Trinajstić information content (AvgIpc) is 3.20. The smallest absolute Gasteiger partial charge is 0.191 e. The molecule has 0 aliphatic carbocycles. The van der Waals surface area contributed by atoms with E-state index in [4.69, 9.17) is 4.74 Å². The number of nitrogens with one attached hydrogen (secondary N) is 2. The van der Waals surface area contributed by atoms with Crippen LogP contribution in [0.2, 0.25) is 0 Å². The van der Waals surface area contributed by atoms with E-state index in [1.165, 1.54) is 0 Å². The van der Waals surface area contributed by atoms with Crippen LogP contribution in [0.15, 0.2) is 11.3 Å². The van der Waals surface area contributed by atoms with Crippen molar-refractivity contribution in [3.63, 3.8) is 0 Å². The summed E-state index contributed by atoms with van der Waals surface area (Å²) in [7, 11) is 0. The average molecular weight is 436 g/mol. The summed E-state index contributed by atoms with van der Waals surface area (Å²) in [6.07, 6.45) is 6.30. The van der Waals surface area contributed by atoms with E-state index in [9.17, 15) is 0 Å². The van der Waals surface area contributed by atoms with Crippen molar-refractivity contribution in [1.82, 2.24) is 25.4 Å². The first-order valence-corrected chi connectivity index (χ1v) is 8.34. The van der Waals surface area contributed by atoms with E-state index in [1.54, 1.807) is 6.33 Å². The molecule has 1 aliphatic rings. The number of nitrogens with zero attached hydrogens (tertiary/aromatic N) is 4. The van der Waals surface area contributed by atoms with E-state index in [2.05, 4.69) is 44.2 Å². The summed E-state index contributed by atoms with van der Waals surface area (Å²) in [5.74, 6) is 1.88. The molecule has 2 rings (SSSR count). The molecule has 0 aromatic carbocycles. The van der Waals surface area contributed by atoms with Crippen molar-refractivity contribution in [2.24, 2.45) is 4.99 Å². The van der Waals surface area contributed by atoms with Gasteiger partial charge in [0.05, 0.1) is 12.6 Å². The Bertz CT molecular complexity index is 459. The van der Waals surface area contributed by atoms with Crippen molar-refractivity contribution in [2.75, 3.05) is 26.2 Å². The van der Waals surface area contributed by atoms with Crippen molar-refractivity contribution in [3.8, 4) is 0 Å². The standard InChI is InChI=1S/C15H28N6O.HI/c1-3-7-16-15(18-11-13-6-5-10-22-13)17-8-9-21-12-19-20-14(21)4-2;/h12-13H,3-11H2,1-2H3,(H2,16,17,18);1H. The van der Waals surface area contributed by atoms with Gasteiger partial charge in [0.25, 0.3) is 0 Å². The second-order valence-corrected chi connectivity index (χ2v) is 5.47. The van der Waals surface area contributed by atoms with Gasteiger partial charge in [-0.3, -0.25) is 4.99 Å². The fourth-order valence-electron chi connectivity index (χ4n) is 2.43. The van der Waals surface area contributed by atoms with E-state index in [0.717, 1.165) is 70.3 Å². The number of aliphatic imine (C=N–C) groups is 1. The molecule has 1 aliphatic heterocycles. The normalized spacial score (nSPS) is 17.8. The van der Waals surface area contributed by atoms with E-state index < -0.39 is 0 Å². The molecule has 0 amide bonds. The predicted octanol–water partition coefficient (Wildman–Crippen LogP) is 1.58. The van der Waals surface area contributed by atoms with Crippen molar-refractivity contribution >= 4 is 29.9 Å².